The molecule has 134 valence electrons. The van der Waals surface area contributed by atoms with Gasteiger partial charge < -0.3 is 18.9 Å². The number of carbonyl (C=O) groups is 1. The molecule has 5 heteroatoms. The SMILES string of the molecule is COC(=O)C1(C)OCC(CCCOc2ccc(C(C)C)cc2)CO1. The number of hydrogen-bond acceptors (Lipinski definition) is 5. The van der Waals surface area contributed by atoms with Crippen LogP contribution in [0.2, 0.25) is 0 Å². The van der Waals surface area contributed by atoms with Gasteiger partial charge in [-0.05, 0) is 36.5 Å². The van der Waals surface area contributed by atoms with Gasteiger partial charge in [0.1, 0.15) is 5.75 Å². The summed E-state index contributed by atoms with van der Waals surface area (Å²) in [7, 11) is 1.33. The molecule has 2 rings (SSSR count). The Bertz CT molecular complexity index is 515. The van der Waals surface area contributed by atoms with Gasteiger partial charge in [-0.15, -0.1) is 0 Å². The summed E-state index contributed by atoms with van der Waals surface area (Å²) in [6.07, 6.45) is 1.85. The molecule has 1 saturated heterocycles. The molecule has 1 aromatic carbocycles. The molecule has 0 spiro atoms. The van der Waals surface area contributed by atoms with E-state index in [1.165, 1.54) is 12.7 Å². The highest BCUT2D eigenvalue weighted by Crippen LogP contribution is 2.25. The van der Waals surface area contributed by atoms with Crippen LogP contribution in [-0.2, 0) is 19.0 Å². The average Bonchev–Trinajstić information content (AvgIpc) is 2.60. The maximum absolute atomic E-state index is 11.6. The summed E-state index contributed by atoms with van der Waals surface area (Å²) in [6.45, 7) is 7.60. The molecule has 0 radical (unpaired) electrons. The van der Waals surface area contributed by atoms with Gasteiger partial charge in [-0.25, -0.2) is 4.79 Å². The Balaban J connectivity index is 1.66. The Morgan fingerprint density at radius 2 is 1.88 bits per heavy atom. The lowest BCUT2D eigenvalue weighted by molar-refractivity contribution is -0.272. The second-order valence-corrected chi connectivity index (χ2v) is 6.64. The van der Waals surface area contributed by atoms with Crippen molar-refractivity contribution in [2.45, 2.75) is 45.3 Å². The van der Waals surface area contributed by atoms with Crippen molar-refractivity contribution >= 4 is 5.97 Å². The number of carbonyl (C=O) groups excluding carboxylic acids is 1. The molecule has 1 aliphatic rings. The van der Waals surface area contributed by atoms with Gasteiger partial charge in [-0.2, -0.15) is 0 Å². The van der Waals surface area contributed by atoms with E-state index in [1.54, 1.807) is 6.92 Å². The molecule has 1 aromatic rings. The van der Waals surface area contributed by atoms with Crippen LogP contribution < -0.4 is 4.74 Å². The second-order valence-electron chi connectivity index (χ2n) is 6.64. The Morgan fingerprint density at radius 3 is 2.42 bits per heavy atom. The van der Waals surface area contributed by atoms with Crippen LogP contribution in [0.25, 0.3) is 0 Å². The molecule has 5 nitrogen and oxygen atoms in total. The van der Waals surface area contributed by atoms with E-state index in [1.807, 2.05) is 12.1 Å². The minimum absolute atomic E-state index is 0.273. The van der Waals surface area contributed by atoms with Crippen LogP contribution in [0.15, 0.2) is 24.3 Å². The minimum Gasteiger partial charge on any atom is -0.494 e. The summed E-state index contributed by atoms with van der Waals surface area (Å²) in [4.78, 5) is 11.6. The van der Waals surface area contributed by atoms with Crippen molar-refractivity contribution in [3.05, 3.63) is 29.8 Å². The highest BCUT2D eigenvalue weighted by Gasteiger charge is 2.41. The molecule has 0 unspecified atom stereocenters. The van der Waals surface area contributed by atoms with Crippen LogP contribution in [0.3, 0.4) is 0 Å². The summed E-state index contributed by atoms with van der Waals surface area (Å²) in [5.74, 6) is -0.0569. The molecule has 0 saturated carbocycles. The Morgan fingerprint density at radius 1 is 1.25 bits per heavy atom. The van der Waals surface area contributed by atoms with E-state index in [9.17, 15) is 4.79 Å². The zero-order valence-corrected chi connectivity index (χ0v) is 15.0. The first-order valence-electron chi connectivity index (χ1n) is 8.53. The zero-order valence-electron chi connectivity index (χ0n) is 15.0. The Hall–Kier alpha value is -1.59. The monoisotopic (exact) mass is 336 g/mol. The summed E-state index contributed by atoms with van der Waals surface area (Å²) in [5, 5.41) is 0. The fourth-order valence-corrected chi connectivity index (χ4v) is 2.62. The van der Waals surface area contributed by atoms with E-state index in [0.29, 0.717) is 25.7 Å². The number of esters is 1. The maximum atomic E-state index is 11.6. The third-order valence-corrected chi connectivity index (χ3v) is 4.32. The summed E-state index contributed by atoms with van der Waals surface area (Å²) in [6, 6.07) is 8.25. The topological polar surface area (TPSA) is 54.0 Å². The lowest BCUT2D eigenvalue weighted by Crippen LogP contribution is -2.48. The summed E-state index contributed by atoms with van der Waals surface area (Å²) < 4.78 is 21.6. The quantitative estimate of drug-likeness (QED) is 0.563. The molecule has 0 bridgehead atoms. The fourth-order valence-electron chi connectivity index (χ4n) is 2.62. The van der Waals surface area contributed by atoms with Gasteiger partial charge in [-0.1, -0.05) is 26.0 Å². The normalized spacial score (nSPS) is 24.0. The van der Waals surface area contributed by atoms with E-state index >= 15 is 0 Å². The number of methoxy groups -OCH3 is 1. The van der Waals surface area contributed by atoms with E-state index in [-0.39, 0.29) is 5.92 Å². The highest BCUT2D eigenvalue weighted by atomic mass is 16.7. The van der Waals surface area contributed by atoms with Gasteiger partial charge >= 0.3 is 5.97 Å². The molecule has 1 aliphatic heterocycles. The molecule has 1 fully saturated rings. The van der Waals surface area contributed by atoms with E-state index in [2.05, 4.69) is 30.7 Å². The smallest absolute Gasteiger partial charge is 0.366 e. The van der Waals surface area contributed by atoms with Gasteiger partial charge in [-0.3, -0.25) is 0 Å². The second kappa shape index (κ2) is 8.49. The third kappa shape index (κ3) is 4.95. The molecule has 24 heavy (non-hydrogen) atoms. The van der Waals surface area contributed by atoms with Crippen molar-refractivity contribution in [2.75, 3.05) is 26.9 Å². The number of rotatable bonds is 7. The van der Waals surface area contributed by atoms with Gasteiger partial charge in [0.15, 0.2) is 0 Å². The standard InChI is InChI=1S/C19H28O5/c1-14(2)16-7-9-17(10-8-16)22-11-5-6-15-12-23-19(3,24-13-15)18(20)21-4/h7-10,14-15H,5-6,11-13H2,1-4H3. The predicted octanol–water partition coefficient (Wildman–Crippen LogP) is 3.52. The fraction of sp³-hybridized carbons (Fsp3) is 0.632. The molecular formula is C19H28O5. The van der Waals surface area contributed by atoms with Crippen LogP contribution in [0.4, 0.5) is 0 Å². The number of benzene rings is 1. The van der Waals surface area contributed by atoms with Crippen LogP contribution in [0, 0.1) is 5.92 Å². The lowest BCUT2D eigenvalue weighted by atomic mass is 10.0. The molecule has 0 amide bonds. The number of hydrogen-bond donors (Lipinski definition) is 0. The lowest BCUT2D eigenvalue weighted by Gasteiger charge is -2.35. The van der Waals surface area contributed by atoms with Gasteiger partial charge in [0.25, 0.3) is 5.79 Å². The molecule has 0 atom stereocenters. The Labute approximate surface area is 144 Å². The van der Waals surface area contributed by atoms with Crippen molar-refractivity contribution < 1.29 is 23.7 Å². The maximum Gasteiger partial charge on any atom is 0.366 e. The van der Waals surface area contributed by atoms with Crippen LogP contribution in [-0.4, -0.2) is 38.7 Å². The van der Waals surface area contributed by atoms with Crippen LogP contribution in [0.5, 0.6) is 5.75 Å². The zero-order chi connectivity index (χ0) is 17.6. The highest BCUT2D eigenvalue weighted by molar-refractivity contribution is 5.77. The molecular weight excluding hydrogens is 308 g/mol. The average molecular weight is 336 g/mol. The van der Waals surface area contributed by atoms with Gasteiger partial charge in [0.05, 0.1) is 26.9 Å². The van der Waals surface area contributed by atoms with Crippen molar-refractivity contribution in [3.63, 3.8) is 0 Å². The molecule has 0 aliphatic carbocycles. The van der Waals surface area contributed by atoms with E-state index in [4.69, 9.17) is 14.2 Å². The minimum atomic E-state index is -1.26. The van der Waals surface area contributed by atoms with Crippen molar-refractivity contribution in [2.24, 2.45) is 5.92 Å². The molecule has 0 N–H and O–H groups in total. The molecule has 1 heterocycles. The predicted molar refractivity (Wildman–Crippen MR) is 91.1 cm³/mol. The largest absolute Gasteiger partial charge is 0.494 e. The van der Waals surface area contributed by atoms with Crippen molar-refractivity contribution in [1.82, 2.24) is 0 Å². The molecule has 0 aromatic heterocycles. The van der Waals surface area contributed by atoms with Crippen LogP contribution in [0.1, 0.15) is 45.1 Å². The van der Waals surface area contributed by atoms with E-state index in [0.717, 1.165) is 18.6 Å². The Kier molecular flexibility index (Phi) is 6.63. The van der Waals surface area contributed by atoms with E-state index < -0.39 is 11.8 Å². The first-order chi connectivity index (χ1) is 11.4. The third-order valence-electron chi connectivity index (χ3n) is 4.32. The first kappa shape index (κ1) is 18.7. The van der Waals surface area contributed by atoms with Gasteiger partial charge in [0.2, 0.25) is 0 Å². The van der Waals surface area contributed by atoms with Crippen molar-refractivity contribution in [1.29, 1.82) is 0 Å². The first-order valence-corrected chi connectivity index (χ1v) is 8.53. The van der Waals surface area contributed by atoms with Gasteiger partial charge in [0, 0.05) is 12.8 Å². The summed E-state index contributed by atoms with van der Waals surface area (Å²) in [5.41, 5.74) is 1.31. The summed E-state index contributed by atoms with van der Waals surface area (Å²) >= 11 is 0. The van der Waals surface area contributed by atoms with Crippen molar-refractivity contribution in [3.8, 4) is 5.75 Å². The number of ether oxygens (including phenoxy) is 4. The van der Waals surface area contributed by atoms with Crippen LogP contribution >= 0.6 is 0 Å².